The van der Waals surface area contributed by atoms with E-state index in [4.69, 9.17) is 4.43 Å². The van der Waals surface area contributed by atoms with E-state index >= 15 is 0 Å². The quantitative estimate of drug-likeness (QED) is 0.464. The number of non-ortho nitro benzene ring substituents is 2. The molecule has 0 atom stereocenters. The van der Waals surface area contributed by atoms with Crippen LogP contribution in [-0.2, 0) is 11.0 Å². The Labute approximate surface area is 124 Å². The lowest BCUT2D eigenvalue weighted by molar-refractivity contribution is -0.394. The predicted molar refractivity (Wildman–Crippen MR) is 81.7 cm³/mol. The Hall–Kier alpha value is -1.80. The van der Waals surface area contributed by atoms with E-state index in [0.717, 1.165) is 6.07 Å². The lowest BCUT2D eigenvalue weighted by Crippen LogP contribution is -2.40. The fraction of sp³-hybridized carbons (Fsp3) is 0.538. The Morgan fingerprint density at radius 1 is 1.05 bits per heavy atom. The molecule has 0 N–H and O–H groups in total. The van der Waals surface area contributed by atoms with Gasteiger partial charge < -0.3 is 4.43 Å². The molecule has 0 saturated carbocycles. The van der Waals surface area contributed by atoms with Gasteiger partial charge in [-0.25, -0.2) is 0 Å². The lowest BCUT2D eigenvalue weighted by Gasteiger charge is -2.36. The SMILES string of the molecule is CC(C)(C)[Si](C)(C)OCc1cc([N+](=O)[O-])cc([N+](=O)[O-])c1. The van der Waals surface area contributed by atoms with Crippen LogP contribution in [0.15, 0.2) is 18.2 Å². The summed E-state index contributed by atoms with van der Waals surface area (Å²) in [5, 5.41) is 21.7. The van der Waals surface area contributed by atoms with Crippen LogP contribution in [0.2, 0.25) is 18.1 Å². The van der Waals surface area contributed by atoms with Crippen molar-refractivity contribution in [3.05, 3.63) is 44.0 Å². The minimum Gasteiger partial charge on any atom is -0.413 e. The zero-order valence-electron chi connectivity index (χ0n) is 12.9. The van der Waals surface area contributed by atoms with E-state index < -0.39 is 18.2 Å². The Morgan fingerprint density at radius 3 is 1.81 bits per heavy atom. The molecular formula is C13H20N2O5Si. The van der Waals surface area contributed by atoms with Crippen molar-refractivity contribution in [2.75, 3.05) is 0 Å². The van der Waals surface area contributed by atoms with Crippen LogP contribution in [0.25, 0.3) is 0 Å². The van der Waals surface area contributed by atoms with E-state index in [0.29, 0.717) is 5.56 Å². The molecule has 0 unspecified atom stereocenters. The maximum Gasteiger partial charge on any atom is 0.276 e. The first-order chi connectivity index (χ1) is 9.44. The summed E-state index contributed by atoms with van der Waals surface area (Å²) in [6, 6.07) is 3.59. The third-order valence-corrected chi connectivity index (χ3v) is 8.27. The highest BCUT2D eigenvalue weighted by atomic mass is 28.4. The molecule has 0 aromatic heterocycles. The molecule has 0 amide bonds. The van der Waals surface area contributed by atoms with Crippen molar-refractivity contribution in [3.63, 3.8) is 0 Å². The molecule has 0 saturated heterocycles. The monoisotopic (exact) mass is 312 g/mol. The molecule has 0 radical (unpaired) electrons. The highest BCUT2D eigenvalue weighted by molar-refractivity contribution is 6.74. The average molecular weight is 312 g/mol. The third-order valence-electron chi connectivity index (χ3n) is 3.79. The van der Waals surface area contributed by atoms with Gasteiger partial charge in [0, 0.05) is 12.1 Å². The Bertz CT molecular complexity index is 534. The summed E-state index contributed by atoms with van der Waals surface area (Å²) in [4.78, 5) is 20.4. The van der Waals surface area contributed by atoms with Crippen LogP contribution < -0.4 is 0 Å². The summed E-state index contributed by atoms with van der Waals surface area (Å²) in [6.45, 7) is 10.5. The smallest absolute Gasteiger partial charge is 0.276 e. The van der Waals surface area contributed by atoms with Crippen molar-refractivity contribution in [2.24, 2.45) is 0 Å². The summed E-state index contributed by atoms with van der Waals surface area (Å²) in [6.07, 6.45) is 0. The molecule has 1 rings (SSSR count). The van der Waals surface area contributed by atoms with Crippen molar-refractivity contribution >= 4 is 19.7 Å². The Kier molecular flexibility index (Phi) is 4.85. The minimum atomic E-state index is -2.02. The first kappa shape index (κ1) is 17.2. The fourth-order valence-electron chi connectivity index (χ4n) is 1.43. The zero-order valence-corrected chi connectivity index (χ0v) is 13.9. The highest BCUT2D eigenvalue weighted by Crippen LogP contribution is 2.37. The first-order valence-corrected chi connectivity index (χ1v) is 9.41. The standard InChI is InChI=1S/C13H20N2O5Si/c1-13(2,3)21(4,5)20-9-10-6-11(14(16)17)8-12(7-10)15(18)19/h6-8H,9H2,1-5H3. The maximum absolute atomic E-state index is 10.8. The molecule has 0 fully saturated rings. The van der Waals surface area contributed by atoms with Gasteiger partial charge in [-0.05, 0) is 23.7 Å². The fourth-order valence-corrected chi connectivity index (χ4v) is 2.39. The first-order valence-electron chi connectivity index (χ1n) is 6.51. The number of rotatable bonds is 5. The summed E-state index contributed by atoms with van der Waals surface area (Å²) in [7, 11) is -2.02. The molecule has 0 aliphatic heterocycles. The number of hydrogen-bond acceptors (Lipinski definition) is 5. The van der Waals surface area contributed by atoms with Crippen LogP contribution in [0.5, 0.6) is 0 Å². The molecule has 116 valence electrons. The van der Waals surface area contributed by atoms with Crippen molar-refractivity contribution in [3.8, 4) is 0 Å². The molecule has 8 heteroatoms. The van der Waals surface area contributed by atoms with Gasteiger partial charge in [0.2, 0.25) is 0 Å². The normalized spacial score (nSPS) is 12.2. The largest absolute Gasteiger partial charge is 0.413 e. The van der Waals surface area contributed by atoms with Crippen LogP contribution in [0.3, 0.4) is 0 Å². The molecule has 0 heterocycles. The Morgan fingerprint density at radius 2 is 1.48 bits per heavy atom. The molecule has 1 aromatic carbocycles. The molecule has 21 heavy (non-hydrogen) atoms. The second kappa shape index (κ2) is 5.90. The number of nitro groups is 2. The van der Waals surface area contributed by atoms with Gasteiger partial charge in [-0.1, -0.05) is 20.8 Å². The maximum atomic E-state index is 10.8. The third kappa shape index (κ3) is 4.33. The molecule has 0 spiro atoms. The van der Waals surface area contributed by atoms with E-state index in [2.05, 4.69) is 33.9 Å². The van der Waals surface area contributed by atoms with Gasteiger partial charge in [-0.3, -0.25) is 20.2 Å². The topological polar surface area (TPSA) is 95.5 Å². The van der Waals surface area contributed by atoms with E-state index in [1.807, 2.05) is 0 Å². The van der Waals surface area contributed by atoms with Crippen molar-refractivity contribution in [2.45, 2.75) is 45.5 Å². The summed E-state index contributed by atoms with van der Waals surface area (Å²) >= 11 is 0. The number of nitrogens with zero attached hydrogens (tertiary/aromatic N) is 2. The molecule has 0 bridgehead atoms. The molecule has 0 aliphatic carbocycles. The van der Waals surface area contributed by atoms with E-state index in [1.54, 1.807) is 0 Å². The van der Waals surface area contributed by atoms with Gasteiger partial charge in [0.05, 0.1) is 22.5 Å². The van der Waals surface area contributed by atoms with Crippen LogP contribution >= 0.6 is 0 Å². The summed E-state index contributed by atoms with van der Waals surface area (Å²) < 4.78 is 5.94. The van der Waals surface area contributed by atoms with Gasteiger partial charge in [-0.2, -0.15) is 0 Å². The minimum absolute atomic E-state index is 0.000350. The van der Waals surface area contributed by atoms with Gasteiger partial charge in [0.1, 0.15) is 0 Å². The van der Waals surface area contributed by atoms with E-state index in [-0.39, 0.29) is 23.0 Å². The van der Waals surface area contributed by atoms with E-state index in [9.17, 15) is 20.2 Å². The van der Waals surface area contributed by atoms with Crippen molar-refractivity contribution in [1.29, 1.82) is 0 Å². The molecule has 1 aromatic rings. The summed E-state index contributed by atoms with van der Waals surface area (Å²) in [5.74, 6) is 0. The molecular weight excluding hydrogens is 292 g/mol. The van der Waals surface area contributed by atoms with Gasteiger partial charge in [0.25, 0.3) is 11.4 Å². The number of benzene rings is 1. The van der Waals surface area contributed by atoms with Gasteiger partial charge in [0.15, 0.2) is 8.32 Å². The second-order valence-corrected chi connectivity index (χ2v) is 11.2. The highest BCUT2D eigenvalue weighted by Gasteiger charge is 2.37. The van der Waals surface area contributed by atoms with Crippen LogP contribution in [0.1, 0.15) is 26.3 Å². The summed E-state index contributed by atoms with van der Waals surface area (Å²) in [5.41, 5.74) is -0.142. The lowest BCUT2D eigenvalue weighted by atomic mass is 10.2. The van der Waals surface area contributed by atoms with Crippen molar-refractivity contribution in [1.82, 2.24) is 0 Å². The second-order valence-electron chi connectivity index (χ2n) is 6.42. The van der Waals surface area contributed by atoms with E-state index in [1.165, 1.54) is 12.1 Å². The van der Waals surface area contributed by atoms with Crippen LogP contribution in [-0.4, -0.2) is 18.2 Å². The number of nitro benzene ring substituents is 2. The van der Waals surface area contributed by atoms with Crippen molar-refractivity contribution < 1.29 is 14.3 Å². The van der Waals surface area contributed by atoms with Gasteiger partial charge >= 0.3 is 0 Å². The number of hydrogen-bond donors (Lipinski definition) is 0. The Balaban J connectivity index is 3.04. The average Bonchev–Trinajstić information content (AvgIpc) is 2.34. The predicted octanol–water partition coefficient (Wildman–Crippen LogP) is 4.02. The van der Waals surface area contributed by atoms with Gasteiger partial charge in [-0.15, -0.1) is 0 Å². The zero-order chi connectivity index (χ0) is 16.4. The molecule has 7 nitrogen and oxygen atoms in total. The van der Waals surface area contributed by atoms with Crippen LogP contribution in [0, 0.1) is 20.2 Å². The van der Waals surface area contributed by atoms with Crippen LogP contribution in [0.4, 0.5) is 11.4 Å². The molecule has 0 aliphatic rings.